The fourth-order valence-electron chi connectivity index (χ4n) is 2.15. The fraction of sp³-hybridized carbons (Fsp3) is 0.133. The molecule has 1 aliphatic rings. The second kappa shape index (κ2) is 5.65. The molecule has 0 bridgehead atoms. The van der Waals surface area contributed by atoms with E-state index in [1.807, 2.05) is 0 Å². The van der Waals surface area contributed by atoms with Crippen molar-refractivity contribution in [3.05, 3.63) is 52.7 Å². The van der Waals surface area contributed by atoms with E-state index in [4.69, 9.17) is 21.4 Å². The first-order valence-corrected chi connectivity index (χ1v) is 6.83. The van der Waals surface area contributed by atoms with Gasteiger partial charge in [-0.3, -0.25) is 4.79 Å². The summed E-state index contributed by atoms with van der Waals surface area (Å²) in [6.45, 7) is 0.164. The van der Waals surface area contributed by atoms with Gasteiger partial charge in [0.2, 0.25) is 5.88 Å². The van der Waals surface area contributed by atoms with Crippen LogP contribution in [0.15, 0.2) is 36.5 Å². The highest BCUT2D eigenvalue weighted by Gasteiger charge is 2.27. The van der Waals surface area contributed by atoms with Crippen LogP contribution in [0.5, 0.6) is 5.88 Å². The van der Waals surface area contributed by atoms with Crippen molar-refractivity contribution in [2.75, 3.05) is 11.5 Å². The van der Waals surface area contributed by atoms with Crippen molar-refractivity contribution in [2.45, 2.75) is 6.54 Å². The lowest BCUT2D eigenvalue weighted by molar-refractivity contribution is -0.121. The molecule has 0 spiro atoms. The van der Waals surface area contributed by atoms with E-state index >= 15 is 0 Å². The zero-order valence-electron chi connectivity index (χ0n) is 11.3. The Morgan fingerprint density at radius 3 is 2.77 bits per heavy atom. The van der Waals surface area contributed by atoms with Crippen LogP contribution in [0.2, 0.25) is 5.02 Å². The van der Waals surface area contributed by atoms with Crippen molar-refractivity contribution < 1.29 is 19.4 Å². The molecular weight excluding hydrogens is 308 g/mol. The lowest BCUT2D eigenvalue weighted by atomic mass is 10.1. The molecule has 0 atom stereocenters. The van der Waals surface area contributed by atoms with Crippen molar-refractivity contribution in [1.29, 1.82) is 0 Å². The van der Waals surface area contributed by atoms with Gasteiger partial charge in [-0.25, -0.2) is 9.78 Å². The van der Waals surface area contributed by atoms with E-state index in [9.17, 15) is 9.59 Å². The molecule has 1 aliphatic heterocycles. The quantitative estimate of drug-likeness (QED) is 0.939. The van der Waals surface area contributed by atoms with Gasteiger partial charge in [-0.15, -0.1) is 0 Å². The summed E-state index contributed by atoms with van der Waals surface area (Å²) in [5.41, 5.74) is 1.22. The van der Waals surface area contributed by atoms with Gasteiger partial charge in [0.15, 0.2) is 6.61 Å². The van der Waals surface area contributed by atoms with Crippen molar-refractivity contribution in [3.8, 4) is 5.88 Å². The minimum absolute atomic E-state index is 0.00171. The molecule has 2 heterocycles. The van der Waals surface area contributed by atoms with Crippen LogP contribution in [0, 0.1) is 0 Å². The van der Waals surface area contributed by atoms with Crippen LogP contribution in [-0.4, -0.2) is 28.6 Å². The summed E-state index contributed by atoms with van der Waals surface area (Å²) in [4.78, 5) is 28.6. The molecule has 112 valence electrons. The molecule has 3 rings (SSSR count). The zero-order valence-corrected chi connectivity index (χ0v) is 12.1. The zero-order chi connectivity index (χ0) is 15.7. The molecule has 0 saturated heterocycles. The number of carboxylic acid groups (broad SMARTS) is 1. The molecule has 1 amide bonds. The second-order valence-corrected chi connectivity index (χ2v) is 5.18. The molecule has 6 nitrogen and oxygen atoms in total. The highest BCUT2D eigenvalue weighted by atomic mass is 35.5. The number of pyridine rings is 1. The summed E-state index contributed by atoms with van der Waals surface area (Å²) in [6.07, 6.45) is 1.21. The summed E-state index contributed by atoms with van der Waals surface area (Å²) in [6, 6.07) is 8.46. The van der Waals surface area contributed by atoms with Crippen LogP contribution in [0.4, 0.5) is 5.69 Å². The van der Waals surface area contributed by atoms with Crippen LogP contribution < -0.4 is 9.64 Å². The summed E-state index contributed by atoms with van der Waals surface area (Å²) >= 11 is 5.84. The second-order valence-electron chi connectivity index (χ2n) is 4.75. The number of anilines is 1. The largest absolute Gasteiger partial charge is 0.478 e. The van der Waals surface area contributed by atoms with Crippen LogP contribution in [-0.2, 0) is 11.3 Å². The molecule has 0 radical (unpaired) electrons. The van der Waals surface area contributed by atoms with Crippen molar-refractivity contribution >= 4 is 29.2 Å². The van der Waals surface area contributed by atoms with E-state index in [0.717, 1.165) is 5.56 Å². The molecule has 0 unspecified atom stereocenters. The van der Waals surface area contributed by atoms with Gasteiger partial charge >= 0.3 is 5.97 Å². The van der Waals surface area contributed by atoms with Gasteiger partial charge < -0.3 is 14.7 Å². The van der Waals surface area contributed by atoms with E-state index in [-0.39, 0.29) is 30.5 Å². The number of carbonyl (C=O) groups excluding carboxylic acids is 1. The Hall–Kier alpha value is -2.60. The summed E-state index contributed by atoms with van der Waals surface area (Å²) in [5, 5.41) is 9.66. The standard InChI is InChI=1S/C15H11ClN2O4/c16-11-3-1-9(2-4-11)7-18-12-5-10(15(20)21)6-17-14(12)22-8-13(18)19/h1-6H,7-8H2,(H,20,21). The number of nitrogens with zero attached hydrogens (tertiary/aromatic N) is 2. The molecule has 1 aromatic carbocycles. The summed E-state index contributed by atoms with van der Waals surface area (Å²) in [5.74, 6) is -1.12. The number of carbonyl (C=O) groups is 2. The van der Waals surface area contributed by atoms with Crippen molar-refractivity contribution in [3.63, 3.8) is 0 Å². The third kappa shape index (κ3) is 2.73. The third-order valence-electron chi connectivity index (χ3n) is 3.26. The third-order valence-corrected chi connectivity index (χ3v) is 3.51. The molecule has 0 saturated carbocycles. The van der Waals surface area contributed by atoms with E-state index in [1.165, 1.54) is 17.2 Å². The van der Waals surface area contributed by atoms with Gasteiger partial charge in [0, 0.05) is 11.2 Å². The summed E-state index contributed by atoms with van der Waals surface area (Å²) in [7, 11) is 0. The predicted molar refractivity (Wildman–Crippen MR) is 79.3 cm³/mol. The number of hydrogen-bond donors (Lipinski definition) is 1. The lowest BCUT2D eigenvalue weighted by Crippen LogP contribution is -2.38. The highest BCUT2D eigenvalue weighted by Crippen LogP contribution is 2.32. The Morgan fingerprint density at radius 2 is 2.09 bits per heavy atom. The molecule has 1 aromatic heterocycles. The van der Waals surface area contributed by atoms with E-state index in [0.29, 0.717) is 10.7 Å². The van der Waals surface area contributed by atoms with E-state index in [1.54, 1.807) is 24.3 Å². The Morgan fingerprint density at radius 1 is 1.36 bits per heavy atom. The minimum Gasteiger partial charge on any atom is -0.478 e. The maximum Gasteiger partial charge on any atom is 0.337 e. The molecule has 2 aromatic rings. The van der Waals surface area contributed by atoms with Gasteiger partial charge in [0.05, 0.1) is 12.1 Å². The number of hydrogen-bond acceptors (Lipinski definition) is 4. The number of aromatic carboxylic acids is 1. The Bertz CT molecular complexity index is 746. The Labute approximate surface area is 130 Å². The molecule has 0 fully saturated rings. The molecule has 22 heavy (non-hydrogen) atoms. The summed E-state index contributed by atoms with van der Waals surface area (Å²) < 4.78 is 5.24. The smallest absolute Gasteiger partial charge is 0.337 e. The number of rotatable bonds is 3. The van der Waals surface area contributed by atoms with E-state index < -0.39 is 5.97 Å². The number of ether oxygens (including phenoxy) is 1. The average Bonchev–Trinajstić information content (AvgIpc) is 2.51. The number of halogens is 1. The first-order chi connectivity index (χ1) is 10.5. The van der Waals surface area contributed by atoms with Gasteiger partial charge in [-0.05, 0) is 23.8 Å². The van der Waals surface area contributed by atoms with Gasteiger partial charge in [-0.1, -0.05) is 23.7 Å². The Balaban J connectivity index is 1.97. The number of amides is 1. The van der Waals surface area contributed by atoms with Crippen LogP contribution in [0.1, 0.15) is 15.9 Å². The lowest BCUT2D eigenvalue weighted by Gasteiger charge is -2.28. The van der Waals surface area contributed by atoms with Crippen molar-refractivity contribution in [2.24, 2.45) is 0 Å². The predicted octanol–water partition coefficient (Wildman–Crippen LogP) is 2.36. The van der Waals surface area contributed by atoms with E-state index in [2.05, 4.69) is 4.98 Å². The van der Waals surface area contributed by atoms with Crippen LogP contribution in [0.25, 0.3) is 0 Å². The van der Waals surface area contributed by atoms with Crippen LogP contribution >= 0.6 is 11.6 Å². The maximum atomic E-state index is 12.1. The fourth-order valence-corrected chi connectivity index (χ4v) is 2.28. The first kappa shape index (κ1) is 14.3. The molecule has 7 heteroatoms. The monoisotopic (exact) mass is 318 g/mol. The van der Waals surface area contributed by atoms with Gasteiger partial charge in [-0.2, -0.15) is 0 Å². The normalized spacial score (nSPS) is 13.5. The highest BCUT2D eigenvalue weighted by molar-refractivity contribution is 6.30. The molecule has 1 N–H and O–H groups in total. The topological polar surface area (TPSA) is 79.7 Å². The average molecular weight is 319 g/mol. The van der Waals surface area contributed by atoms with Gasteiger partial charge in [0.1, 0.15) is 5.69 Å². The maximum absolute atomic E-state index is 12.1. The number of benzene rings is 1. The number of aromatic nitrogens is 1. The number of fused-ring (bicyclic) bond motifs is 1. The van der Waals surface area contributed by atoms with Crippen LogP contribution in [0.3, 0.4) is 0 Å². The minimum atomic E-state index is -1.11. The SMILES string of the molecule is O=C(O)c1cnc2c(c1)N(Cc1ccc(Cl)cc1)C(=O)CO2. The molecular formula is C15H11ClN2O4. The first-order valence-electron chi connectivity index (χ1n) is 6.45. The van der Waals surface area contributed by atoms with Crippen molar-refractivity contribution in [1.82, 2.24) is 4.98 Å². The molecule has 0 aliphatic carbocycles. The number of carboxylic acids is 1. The van der Waals surface area contributed by atoms with Gasteiger partial charge in [0.25, 0.3) is 5.91 Å². The Kier molecular flexibility index (Phi) is 3.68.